The predicted octanol–water partition coefficient (Wildman–Crippen LogP) is 2.93. The minimum Gasteiger partial charge on any atom is -0.494 e. The van der Waals surface area contributed by atoms with Crippen molar-refractivity contribution in [3.63, 3.8) is 0 Å². The van der Waals surface area contributed by atoms with E-state index < -0.39 is 0 Å². The maximum Gasteiger partial charge on any atom is 0.189 e. The van der Waals surface area contributed by atoms with Crippen LogP contribution in [0.1, 0.15) is 50.0 Å². The number of ether oxygens (including phenoxy) is 1. The van der Waals surface area contributed by atoms with Crippen molar-refractivity contribution in [1.82, 2.24) is 5.32 Å². The molecule has 120 valence electrons. The lowest BCUT2D eigenvalue weighted by Gasteiger charge is -2.36. The monoisotopic (exact) mass is 305 g/mol. The van der Waals surface area contributed by atoms with Crippen molar-refractivity contribution in [3.05, 3.63) is 29.6 Å². The van der Waals surface area contributed by atoms with E-state index in [1.54, 1.807) is 12.1 Å². The third-order valence-electron chi connectivity index (χ3n) is 4.78. The molecule has 2 saturated carbocycles. The Kier molecular flexibility index (Phi) is 4.50. The lowest BCUT2D eigenvalue weighted by atomic mass is 9.76. The van der Waals surface area contributed by atoms with Crippen molar-refractivity contribution in [2.75, 3.05) is 7.11 Å². The zero-order valence-electron chi connectivity index (χ0n) is 13.0. The predicted molar refractivity (Wildman–Crippen MR) is 85.7 cm³/mol. The van der Waals surface area contributed by atoms with E-state index in [1.165, 1.54) is 20.0 Å². The largest absolute Gasteiger partial charge is 0.494 e. The van der Waals surface area contributed by atoms with E-state index in [2.05, 4.69) is 10.3 Å². The molecule has 2 aliphatic carbocycles. The molecule has 0 spiro atoms. The van der Waals surface area contributed by atoms with E-state index in [0.29, 0.717) is 29.7 Å². The summed E-state index contributed by atoms with van der Waals surface area (Å²) in [5, 5.41) is 3.29. The van der Waals surface area contributed by atoms with Gasteiger partial charge in [0.25, 0.3) is 0 Å². The fourth-order valence-corrected chi connectivity index (χ4v) is 3.42. The summed E-state index contributed by atoms with van der Waals surface area (Å²) in [6.07, 6.45) is 6.76. The van der Waals surface area contributed by atoms with Gasteiger partial charge in [0.2, 0.25) is 0 Å². The minimum atomic E-state index is -0.293. The molecule has 1 aromatic carbocycles. The number of benzene rings is 1. The first-order chi connectivity index (χ1) is 10.7. The maximum atomic E-state index is 13.7. The zero-order chi connectivity index (χ0) is 15.5. The second-order valence-corrected chi connectivity index (χ2v) is 6.36. The molecule has 0 heterocycles. The van der Waals surface area contributed by atoms with E-state index in [9.17, 15) is 4.39 Å². The van der Waals surface area contributed by atoms with Crippen LogP contribution in [0, 0.1) is 5.82 Å². The van der Waals surface area contributed by atoms with Gasteiger partial charge in [-0.15, -0.1) is 0 Å². The highest BCUT2D eigenvalue weighted by Crippen LogP contribution is 2.38. The Morgan fingerprint density at radius 3 is 2.68 bits per heavy atom. The number of methoxy groups -OCH3 is 1. The van der Waals surface area contributed by atoms with Gasteiger partial charge in [0.1, 0.15) is 0 Å². The molecular formula is C17H24FN3O. The average Bonchev–Trinajstić information content (AvgIpc) is 2.95. The first-order valence-electron chi connectivity index (χ1n) is 8.09. The topological polar surface area (TPSA) is 59.6 Å². The normalized spacial score (nSPS) is 25.8. The Morgan fingerprint density at radius 1 is 1.32 bits per heavy atom. The van der Waals surface area contributed by atoms with Crippen LogP contribution in [0.15, 0.2) is 23.2 Å². The second kappa shape index (κ2) is 6.55. The lowest BCUT2D eigenvalue weighted by molar-refractivity contribution is 0.321. The number of aliphatic imine (C=N–C) groups is 1. The number of rotatable bonds is 4. The standard InChI is InChI=1S/C17H24FN3O/c1-22-16-7-6-11(10-15(16)18)12-8-14(9-12)21-17(19)20-13-4-2-3-5-13/h6-7,10,12-14H,2-5,8-9H2,1H3,(H3,19,20,21). The third kappa shape index (κ3) is 3.34. The molecule has 0 unspecified atom stereocenters. The number of nitrogens with one attached hydrogen (secondary N) is 1. The summed E-state index contributed by atoms with van der Waals surface area (Å²) in [6.45, 7) is 0. The molecule has 3 N–H and O–H groups in total. The smallest absolute Gasteiger partial charge is 0.189 e. The van der Waals surface area contributed by atoms with E-state index >= 15 is 0 Å². The Balaban J connectivity index is 1.50. The Morgan fingerprint density at radius 2 is 2.05 bits per heavy atom. The molecule has 2 fully saturated rings. The summed E-state index contributed by atoms with van der Waals surface area (Å²) >= 11 is 0. The van der Waals surface area contributed by atoms with Crippen LogP contribution in [0.5, 0.6) is 5.75 Å². The Hall–Kier alpha value is -1.78. The van der Waals surface area contributed by atoms with Gasteiger partial charge in [-0.25, -0.2) is 4.39 Å². The van der Waals surface area contributed by atoms with Gasteiger partial charge in [0.15, 0.2) is 17.5 Å². The quantitative estimate of drug-likeness (QED) is 0.664. The summed E-state index contributed by atoms with van der Waals surface area (Å²) in [4.78, 5) is 4.54. The van der Waals surface area contributed by atoms with Gasteiger partial charge in [0, 0.05) is 6.04 Å². The van der Waals surface area contributed by atoms with Crippen LogP contribution in [-0.4, -0.2) is 25.2 Å². The molecular weight excluding hydrogens is 281 g/mol. The second-order valence-electron chi connectivity index (χ2n) is 6.36. The average molecular weight is 305 g/mol. The molecule has 0 bridgehead atoms. The van der Waals surface area contributed by atoms with Crippen LogP contribution < -0.4 is 15.8 Å². The van der Waals surface area contributed by atoms with Gasteiger partial charge in [-0.05, 0) is 49.3 Å². The first kappa shape index (κ1) is 15.1. The fourth-order valence-electron chi connectivity index (χ4n) is 3.42. The molecule has 5 heteroatoms. The van der Waals surface area contributed by atoms with Crippen molar-refractivity contribution < 1.29 is 9.13 Å². The van der Waals surface area contributed by atoms with Gasteiger partial charge in [-0.3, -0.25) is 4.99 Å². The summed E-state index contributed by atoms with van der Waals surface area (Å²) in [6, 6.07) is 5.97. The molecule has 4 nitrogen and oxygen atoms in total. The van der Waals surface area contributed by atoms with Crippen LogP contribution in [-0.2, 0) is 0 Å². The number of nitrogens with zero attached hydrogens (tertiary/aromatic N) is 1. The van der Waals surface area contributed by atoms with Crippen molar-refractivity contribution >= 4 is 5.96 Å². The summed E-state index contributed by atoms with van der Waals surface area (Å²) in [5.41, 5.74) is 7.00. The van der Waals surface area contributed by atoms with Crippen LogP contribution >= 0.6 is 0 Å². The minimum absolute atomic E-state index is 0.293. The molecule has 2 aliphatic rings. The molecule has 3 rings (SSSR count). The number of hydrogen-bond acceptors (Lipinski definition) is 2. The molecule has 0 atom stereocenters. The van der Waals surface area contributed by atoms with E-state index in [1.807, 2.05) is 6.07 Å². The van der Waals surface area contributed by atoms with Gasteiger partial charge in [0.05, 0.1) is 13.2 Å². The Labute approximate surface area is 130 Å². The van der Waals surface area contributed by atoms with Crippen molar-refractivity contribution in [2.24, 2.45) is 10.7 Å². The zero-order valence-corrected chi connectivity index (χ0v) is 13.0. The number of hydrogen-bond donors (Lipinski definition) is 2. The molecule has 0 aliphatic heterocycles. The lowest BCUT2D eigenvalue weighted by Crippen LogP contribution is -2.47. The highest BCUT2D eigenvalue weighted by Gasteiger charge is 2.31. The van der Waals surface area contributed by atoms with Crippen LogP contribution in [0.2, 0.25) is 0 Å². The number of nitrogens with two attached hydrogens (primary N) is 1. The van der Waals surface area contributed by atoms with Crippen molar-refractivity contribution in [1.29, 1.82) is 0 Å². The van der Waals surface area contributed by atoms with E-state index in [-0.39, 0.29) is 5.82 Å². The van der Waals surface area contributed by atoms with Gasteiger partial charge in [-0.1, -0.05) is 18.9 Å². The Bertz CT molecular complexity index is 549. The highest BCUT2D eigenvalue weighted by atomic mass is 19.1. The van der Waals surface area contributed by atoms with Crippen LogP contribution in [0.3, 0.4) is 0 Å². The van der Waals surface area contributed by atoms with Crippen molar-refractivity contribution in [2.45, 2.75) is 56.5 Å². The molecule has 0 amide bonds. The summed E-state index contributed by atoms with van der Waals surface area (Å²) < 4.78 is 18.7. The van der Waals surface area contributed by atoms with E-state index in [0.717, 1.165) is 31.2 Å². The molecule has 0 saturated heterocycles. The van der Waals surface area contributed by atoms with E-state index in [4.69, 9.17) is 10.5 Å². The fraction of sp³-hybridized carbons (Fsp3) is 0.588. The summed E-state index contributed by atoms with van der Waals surface area (Å²) in [7, 11) is 1.48. The molecule has 0 aromatic heterocycles. The molecule has 1 aromatic rings. The first-order valence-corrected chi connectivity index (χ1v) is 8.09. The SMILES string of the molecule is COc1ccc(C2CC(NC(N)=NC3CCCC3)C2)cc1F. The van der Waals surface area contributed by atoms with Crippen LogP contribution in [0.4, 0.5) is 4.39 Å². The summed E-state index contributed by atoms with van der Waals surface area (Å²) in [5.74, 6) is 0.956. The maximum absolute atomic E-state index is 13.7. The highest BCUT2D eigenvalue weighted by molar-refractivity contribution is 5.78. The van der Waals surface area contributed by atoms with Gasteiger partial charge < -0.3 is 15.8 Å². The van der Waals surface area contributed by atoms with Gasteiger partial charge in [-0.2, -0.15) is 0 Å². The molecule has 22 heavy (non-hydrogen) atoms. The molecule has 0 radical (unpaired) electrons. The third-order valence-corrected chi connectivity index (χ3v) is 4.78. The number of halogens is 1. The van der Waals surface area contributed by atoms with Crippen molar-refractivity contribution in [3.8, 4) is 5.75 Å². The van der Waals surface area contributed by atoms with Crippen LogP contribution in [0.25, 0.3) is 0 Å². The number of guanidine groups is 1. The van der Waals surface area contributed by atoms with Gasteiger partial charge >= 0.3 is 0 Å².